The molecule has 0 bridgehead atoms. The number of hydrogen-bond acceptors (Lipinski definition) is 1. The van der Waals surface area contributed by atoms with Crippen LogP contribution in [0.2, 0.25) is 0 Å². The molecule has 174 valence electrons. The molecule has 2 unspecified atom stereocenters. The van der Waals surface area contributed by atoms with Crippen LogP contribution in [0.25, 0.3) is 0 Å². The maximum Gasteiger partial charge on any atom is 0.0580 e. The topological polar surface area (TPSA) is 9.23 Å². The van der Waals surface area contributed by atoms with Gasteiger partial charge in [-0.05, 0) is 117 Å². The van der Waals surface area contributed by atoms with Crippen LogP contribution in [0.1, 0.15) is 119 Å². The van der Waals surface area contributed by atoms with E-state index in [9.17, 15) is 0 Å². The van der Waals surface area contributed by atoms with Gasteiger partial charge in [0, 0.05) is 6.61 Å². The average molecular weight is 417 g/mol. The lowest BCUT2D eigenvalue weighted by Gasteiger charge is -2.61. The minimum atomic E-state index is 0.542. The SMILES string of the molecule is CCOC1CCC2CC[C@H]3[C@@H]4CC[C@H]([C@H](C)CCCC(C)C)[C@@]4(C)CC[C@@H]3[C@@]2(C)C1. The molecule has 4 aliphatic rings. The normalized spacial score (nSPS) is 46.9. The Bertz CT molecular complexity index is 569. The van der Waals surface area contributed by atoms with Gasteiger partial charge in [-0.2, -0.15) is 0 Å². The Hall–Kier alpha value is -0.0400. The van der Waals surface area contributed by atoms with Crippen molar-refractivity contribution in [3.05, 3.63) is 0 Å². The molecule has 0 saturated heterocycles. The van der Waals surface area contributed by atoms with Crippen LogP contribution in [0.3, 0.4) is 0 Å². The van der Waals surface area contributed by atoms with Gasteiger partial charge in [-0.25, -0.2) is 0 Å². The van der Waals surface area contributed by atoms with Crippen LogP contribution in [0, 0.1) is 52.3 Å². The second kappa shape index (κ2) is 9.07. The molecule has 0 heterocycles. The zero-order valence-corrected chi connectivity index (χ0v) is 21.2. The highest BCUT2D eigenvalue weighted by molar-refractivity contribution is 5.09. The lowest BCUT2D eigenvalue weighted by molar-refractivity contribution is -0.140. The van der Waals surface area contributed by atoms with Crippen molar-refractivity contribution < 1.29 is 4.74 Å². The molecule has 0 N–H and O–H groups in total. The van der Waals surface area contributed by atoms with Crippen LogP contribution in [0.15, 0.2) is 0 Å². The van der Waals surface area contributed by atoms with Gasteiger partial charge in [-0.3, -0.25) is 0 Å². The van der Waals surface area contributed by atoms with Gasteiger partial charge in [0.25, 0.3) is 0 Å². The van der Waals surface area contributed by atoms with E-state index in [-0.39, 0.29) is 0 Å². The maximum atomic E-state index is 6.19. The van der Waals surface area contributed by atoms with E-state index in [1.54, 1.807) is 6.42 Å². The Labute approximate surface area is 188 Å². The number of rotatable bonds is 7. The smallest absolute Gasteiger partial charge is 0.0580 e. The molecule has 9 atom stereocenters. The van der Waals surface area contributed by atoms with Crippen LogP contribution in [-0.2, 0) is 4.74 Å². The molecule has 4 fully saturated rings. The van der Waals surface area contributed by atoms with Gasteiger partial charge < -0.3 is 4.74 Å². The summed E-state index contributed by atoms with van der Waals surface area (Å²) < 4.78 is 6.19. The maximum absolute atomic E-state index is 6.19. The van der Waals surface area contributed by atoms with E-state index in [4.69, 9.17) is 4.74 Å². The number of ether oxygens (including phenoxy) is 1. The Balaban J connectivity index is 1.46. The van der Waals surface area contributed by atoms with Crippen LogP contribution < -0.4 is 0 Å². The summed E-state index contributed by atoms with van der Waals surface area (Å²) in [6.45, 7) is 15.9. The first kappa shape index (κ1) is 23.1. The summed E-state index contributed by atoms with van der Waals surface area (Å²) in [4.78, 5) is 0. The molecule has 0 aromatic rings. The average Bonchev–Trinajstić information content (AvgIpc) is 3.04. The zero-order valence-electron chi connectivity index (χ0n) is 21.2. The Morgan fingerprint density at radius 3 is 2.30 bits per heavy atom. The molecule has 4 rings (SSSR count). The van der Waals surface area contributed by atoms with Gasteiger partial charge in [-0.15, -0.1) is 0 Å². The lowest BCUT2D eigenvalue weighted by Crippen LogP contribution is -2.54. The lowest BCUT2D eigenvalue weighted by atomic mass is 9.44. The molecule has 4 aliphatic carbocycles. The van der Waals surface area contributed by atoms with E-state index in [2.05, 4.69) is 41.5 Å². The van der Waals surface area contributed by atoms with E-state index >= 15 is 0 Å². The fourth-order valence-electron chi connectivity index (χ4n) is 9.71. The van der Waals surface area contributed by atoms with E-state index in [0.717, 1.165) is 48.0 Å². The molecule has 0 aromatic heterocycles. The molecule has 0 radical (unpaired) electrons. The predicted octanol–water partition coefficient (Wildman–Crippen LogP) is 8.51. The Morgan fingerprint density at radius 1 is 0.833 bits per heavy atom. The standard InChI is InChI=1S/C29H52O/c1-7-30-23-13-11-22-12-14-24-26-16-15-25(21(4)10-8-9-20(2)3)28(26,5)18-17-27(24)29(22,6)19-23/h20-27H,7-19H2,1-6H3/t21-,22?,23?,24+,25-,26+,27+,28-,29+/m1/s1. The summed E-state index contributed by atoms with van der Waals surface area (Å²) in [7, 11) is 0. The quantitative estimate of drug-likeness (QED) is 0.404. The van der Waals surface area contributed by atoms with Crippen molar-refractivity contribution in [3.63, 3.8) is 0 Å². The number of hydrogen-bond donors (Lipinski definition) is 0. The van der Waals surface area contributed by atoms with Gasteiger partial charge in [0.15, 0.2) is 0 Å². The summed E-state index contributed by atoms with van der Waals surface area (Å²) in [5, 5.41) is 0. The molecular weight excluding hydrogens is 364 g/mol. The minimum absolute atomic E-state index is 0.542. The largest absolute Gasteiger partial charge is 0.378 e. The fraction of sp³-hybridized carbons (Fsp3) is 1.00. The summed E-state index contributed by atoms with van der Waals surface area (Å²) in [6, 6.07) is 0. The van der Waals surface area contributed by atoms with E-state index in [1.165, 1.54) is 70.6 Å². The molecule has 0 aromatic carbocycles. The van der Waals surface area contributed by atoms with Crippen molar-refractivity contribution in [1.29, 1.82) is 0 Å². The molecule has 0 aliphatic heterocycles. The van der Waals surface area contributed by atoms with Crippen molar-refractivity contribution in [3.8, 4) is 0 Å². The highest BCUT2D eigenvalue weighted by Crippen LogP contribution is 2.68. The first-order valence-corrected chi connectivity index (χ1v) is 13.9. The highest BCUT2D eigenvalue weighted by Gasteiger charge is 2.60. The summed E-state index contributed by atoms with van der Waals surface area (Å²) in [6.07, 6.45) is 18.1. The summed E-state index contributed by atoms with van der Waals surface area (Å²) in [5.41, 5.74) is 1.19. The summed E-state index contributed by atoms with van der Waals surface area (Å²) in [5.74, 6) is 6.77. The van der Waals surface area contributed by atoms with Gasteiger partial charge in [-0.1, -0.05) is 53.9 Å². The summed E-state index contributed by atoms with van der Waals surface area (Å²) >= 11 is 0. The van der Waals surface area contributed by atoms with E-state index in [0.29, 0.717) is 16.9 Å². The second-order valence-electron chi connectivity index (χ2n) is 13.0. The van der Waals surface area contributed by atoms with Crippen LogP contribution >= 0.6 is 0 Å². The molecular formula is C29H52O. The van der Waals surface area contributed by atoms with Crippen LogP contribution in [-0.4, -0.2) is 12.7 Å². The second-order valence-corrected chi connectivity index (χ2v) is 13.0. The molecule has 30 heavy (non-hydrogen) atoms. The van der Waals surface area contributed by atoms with Crippen molar-refractivity contribution in [2.75, 3.05) is 6.61 Å². The van der Waals surface area contributed by atoms with E-state index < -0.39 is 0 Å². The van der Waals surface area contributed by atoms with Crippen molar-refractivity contribution >= 4 is 0 Å². The molecule has 1 nitrogen and oxygen atoms in total. The predicted molar refractivity (Wildman–Crippen MR) is 128 cm³/mol. The molecule has 0 spiro atoms. The molecule has 4 saturated carbocycles. The monoisotopic (exact) mass is 416 g/mol. The van der Waals surface area contributed by atoms with Crippen molar-refractivity contribution in [2.24, 2.45) is 52.3 Å². The van der Waals surface area contributed by atoms with Crippen LogP contribution in [0.4, 0.5) is 0 Å². The van der Waals surface area contributed by atoms with Gasteiger partial charge >= 0.3 is 0 Å². The Kier molecular flexibility index (Phi) is 6.99. The first-order valence-electron chi connectivity index (χ1n) is 13.9. The van der Waals surface area contributed by atoms with Gasteiger partial charge in [0.05, 0.1) is 6.10 Å². The molecule has 0 amide bonds. The van der Waals surface area contributed by atoms with Crippen molar-refractivity contribution in [2.45, 2.75) is 125 Å². The van der Waals surface area contributed by atoms with Gasteiger partial charge in [0.1, 0.15) is 0 Å². The third-order valence-electron chi connectivity index (χ3n) is 11.2. The first-order chi connectivity index (χ1) is 14.3. The zero-order chi connectivity index (χ0) is 21.5. The number of fused-ring (bicyclic) bond motifs is 5. The van der Waals surface area contributed by atoms with Gasteiger partial charge in [0.2, 0.25) is 0 Å². The highest BCUT2D eigenvalue weighted by atomic mass is 16.5. The van der Waals surface area contributed by atoms with Crippen molar-refractivity contribution in [1.82, 2.24) is 0 Å². The Morgan fingerprint density at radius 2 is 1.57 bits per heavy atom. The fourth-order valence-corrected chi connectivity index (χ4v) is 9.71. The van der Waals surface area contributed by atoms with E-state index in [1.807, 2.05) is 0 Å². The van der Waals surface area contributed by atoms with Crippen LogP contribution in [0.5, 0.6) is 0 Å². The third kappa shape index (κ3) is 4.04. The third-order valence-corrected chi connectivity index (χ3v) is 11.2. The molecule has 1 heteroatoms. The minimum Gasteiger partial charge on any atom is -0.378 e.